The van der Waals surface area contributed by atoms with Crippen molar-refractivity contribution in [3.8, 4) is 27.9 Å². The molecule has 0 saturated carbocycles. The molecule has 1 spiro atoms. The lowest BCUT2D eigenvalue weighted by Crippen LogP contribution is -2.33. The van der Waals surface area contributed by atoms with Crippen LogP contribution in [0.25, 0.3) is 82.1 Å². The quantitative estimate of drug-likeness (QED) is 0.159. The Balaban J connectivity index is 1.19. The van der Waals surface area contributed by atoms with Crippen LogP contribution in [0.1, 0.15) is 22.3 Å². The van der Waals surface area contributed by atoms with Crippen molar-refractivity contribution in [2.75, 3.05) is 0 Å². The minimum absolute atomic E-state index is 0.456. The van der Waals surface area contributed by atoms with E-state index in [9.17, 15) is 0 Å². The molecular weight excluding hydrogens is 603 g/mol. The molecular formula is C49H29N. The molecule has 0 N–H and O–H groups in total. The molecule has 0 bridgehead atoms. The van der Waals surface area contributed by atoms with Gasteiger partial charge in [0.15, 0.2) is 0 Å². The fraction of sp³-hybridized carbons (Fsp3) is 0.0204. The maximum absolute atomic E-state index is 2.52. The van der Waals surface area contributed by atoms with Gasteiger partial charge in [0.05, 0.1) is 22.1 Å². The van der Waals surface area contributed by atoms with Crippen LogP contribution in [0.2, 0.25) is 0 Å². The average molecular weight is 632 g/mol. The molecule has 0 saturated heterocycles. The summed E-state index contributed by atoms with van der Waals surface area (Å²) in [5.74, 6) is 0. The van der Waals surface area contributed by atoms with Crippen molar-refractivity contribution in [1.29, 1.82) is 0 Å². The second kappa shape index (κ2) is 9.37. The third-order valence-electron chi connectivity index (χ3n) is 11.8. The molecule has 0 radical (unpaired) electrons. The molecule has 0 fully saturated rings. The van der Waals surface area contributed by atoms with Gasteiger partial charge in [0.1, 0.15) is 0 Å². The number of nitrogens with zero attached hydrogens (tertiary/aromatic N) is 1. The van der Waals surface area contributed by atoms with Crippen LogP contribution < -0.4 is 0 Å². The van der Waals surface area contributed by atoms with Crippen molar-refractivity contribution in [3.63, 3.8) is 0 Å². The summed E-state index contributed by atoms with van der Waals surface area (Å²) in [6, 6.07) is 66.1. The maximum atomic E-state index is 2.52. The third-order valence-corrected chi connectivity index (χ3v) is 11.8. The van der Waals surface area contributed by atoms with Crippen LogP contribution >= 0.6 is 0 Å². The summed E-state index contributed by atoms with van der Waals surface area (Å²) in [5, 5.41) is 10.4. The van der Waals surface area contributed by atoms with E-state index in [1.165, 1.54) is 104 Å². The van der Waals surface area contributed by atoms with Gasteiger partial charge >= 0.3 is 0 Å². The molecule has 1 nitrogen and oxygen atoms in total. The zero-order valence-corrected chi connectivity index (χ0v) is 27.2. The molecule has 0 amide bonds. The van der Waals surface area contributed by atoms with Crippen molar-refractivity contribution in [2.24, 2.45) is 0 Å². The zero-order valence-electron chi connectivity index (χ0n) is 27.2. The van der Waals surface area contributed by atoms with Gasteiger partial charge in [-0.25, -0.2) is 0 Å². The molecule has 12 rings (SSSR count). The summed E-state index contributed by atoms with van der Waals surface area (Å²) in [6.45, 7) is 0. The highest BCUT2D eigenvalue weighted by Gasteiger charge is 2.50. The normalized spacial score (nSPS) is 15.7. The van der Waals surface area contributed by atoms with E-state index in [1.807, 2.05) is 0 Å². The van der Waals surface area contributed by atoms with E-state index in [0.29, 0.717) is 0 Å². The smallest absolute Gasteiger partial charge is 0.0754 e. The van der Waals surface area contributed by atoms with Gasteiger partial charge < -0.3 is 4.57 Å². The van der Waals surface area contributed by atoms with Crippen LogP contribution in [0, 0.1) is 0 Å². The van der Waals surface area contributed by atoms with E-state index < -0.39 is 5.41 Å². The minimum Gasteiger partial charge on any atom is -0.309 e. The van der Waals surface area contributed by atoms with Crippen molar-refractivity contribution in [3.05, 3.63) is 198 Å². The van der Waals surface area contributed by atoms with Gasteiger partial charge in [-0.2, -0.15) is 0 Å². The van der Waals surface area contributed by atoms with E-state index in [-0.39, 0.29) is 0 Å². The maximum Gasteiger partial charge on any atom is 0.0754 e. The van der Waals surface area contributed by atoms with E-state index in [4.69, 9.17) is 0 Å². The van der Waals surface area contributed by atoms with Gasteiger partial charge in [-0.3, -0.25) is 0 Å². The fourth-order valence-electron chi connectivity index (χ4n) is 9.83. The number of aromatic nitrogens is 1. The SMILES string of the molecule is c1ccc2c(c1)-c1ccc(-c3ccc4c5ccccc5c5ccccc5c4c3)cc1C21c2ccccc2-n2c3ccccc3c3cccc1c32. The first-order chi connectivity index (χ1) is 24.8. The van der Waals surface area contributed by atoms with Crippen molar-refractivity contribution < 1.29 is 0 Å². The van der Waals surface area contributed by atoms with Crippen LogP contribution in [0.3, 0.4) is 0 Å². The standard InChI is InChI=1S/C49H29N/c1-2-14-34-32(12-1)33-13-3-4-15-35(33)41-28-30(24-26-36(34)41)31-25-27-38-37-16-5-7-19-42(37)49(45(38)29-31)43-20-8-10-23-47(43)50-46-22-9-6-17-39(46)40-18-11-21-44(49)48(40)50/h1-29H. The second-order valence-corrected chi connectivity index (χ2v) is 14.0. The van der Waals surface area contributed by atoms with Gasteiger partial charge in [0, 0.05) is 10.8 Å². The van der Waals surface area contributed by atoms with Crippen molar-refractivity contribution in [1.82, 2.24) is 4.57 Å². The predicted octanol–water partition coefficient (Wildman–Crippen LogP) is 12.6. The van der Waals surface area contributed by atoms with E-state index in [2.05, 4.69) is 180 Å². The van der Waals surface area contributed by atoms with Crippen LogP contribution in [0.4, 0.5) is 0 Å². The summed E-state index contributed by atoms with van der Waals surface area (Å²) in [4.78, 5) is 0. The lowest BCUT2D eigenvalue weighted by molar-refractivity contribution is 0.749. The monoisotopic (exact) mass is 631 g/mol. The van der Waals surface area contributed by atoms with E-state index in [1.54, 1.807) is 0 Å². The van der Waals surface area contributed by atoms with Crippen molar-refractivity contribution >= 4 is 54.1 Å². The summed E-state index contributed by atoms with van der Waals surface area (Å²) >= 11 is 0. The Labute approximate surface area is 289 Å². The molecule has 2 heterocycles. The summed E-state index contributed by atoms with van der Waals surface area (Å²) < 4.78 is 2.52. The number of hydrogen-bond donors (Lipinski definition) is 0. The first-order valence-corrected chi connectivity index (χ1v) is 17.5. The lowest BCUT2D eigenvalue weighted by Gasteiger charge is -2.39. The number of hydrogen-bond acceptors (Lipinski definition) is 0. The molecule has 1 aliphatic heterocycles. The van der Waals surface area contributed by atoms with Gasteiger partial charge in [0.2, 0.25) is 0 Å². The Morgan fingerprint density at radius 3 is 1.66 bits per heavy atom. The number of rotatable bonds is 1. The molecule has 9 aromatic carbocycles. The van der Waals surface area contributed by atoms with Crippen LogP contribution in [-0.2, 0) is 5.41 Å². The first-order valence-electron chi connectivity index (χ1n) is 17.5. The topological polar surface area (TPSA) is 4.93 Å². The minimum atomic E-state index is -0.456. The van der Waals surface area contributed by atoms with Gasteiger partial charge in [0.25, 0.3) is 0 Å². The lowest BCUT2D eigenvalue weighted by atomic mass is 9.65. The fourth-order valence-corrected chi connectivity index (χ4v) is 9.83. The summed E-state index contributed by atoms with van der Waals surface area (Å²) in [5.41, 5.74) is 13.9. The first kappa shape index (κ1) is 26.5. The summed E-state index contributed by atoms with van der Waals surface area (Å²) in [7, 11) is 0. The molecule has 1 unspecified atom stereocenters. The second-order valence-electron chi connectivity index (χ2n) is 14.0. The predicted molar refractivity (Wildman–Crippen MR) is 210 cm³/mol. The number of benzene rings is 9. The highest BCUT2D eigenvalue weighted by molar-refractivity contribution is 6.25. The molecule has 2 aliphatic rings. The largest absolute Gasteiger partial charge is 0.309 e. The Morgan fingerprint density at radius 1 is 0.320 bits per heavy atom. The molecule has 50 heavy (non-hydrogen) atoms. The molecule has 1 aliphatic carbocycles. The van der Waals surface area contributed by atoms with Gasteiger partial charge in [-0.15, -0.1) is 0 Å². The van der Waals surface area contributed by atoms with Crippen LogP contribution in [-0.4, -0.2) is 4.57 Å². The Morgan fingerprint density at radius 2 is 0.860 bits per heavy atom. The van der Waals surface area contributed by atoms with Crippen LogP contribution in [0.15, 0.2) is 176 Å². The van der Waals surface area contributed by atoms with Crippen molar-refractivity contribution in [2.45, 2.75) is 5.41 Å². The third kappa shape index (κ3) is 3.10. The highest BCUT2D eigenvalue weighted by Crippen LogP contribution is 2.61. The molecule has 1 aromatic heterocycles. The Bertz CT molecular complexity index is 3070. The average Bonchev–Trinajstić information content (AvgIpc) is 3.68. The molecule has 10 aromatic rings. The zero-order chi connectivity index (χ0) is 32.6. The molecule has 230 valence electrons. The number of fused-ring (bicyclic) bond motifs is 18. The van der Waals surface area contributed by atoms with E-state index in [0.717, 1.165) is 0 Å². The molecule has 1 atom stereocenters. The number of para-hydroxylation sites is 3. The van der Waals surface area contributed by atoms with Crippen LogP contribution in [0.5, 0.6) is 0 Å². The van der Waals surface area contributed by atoms with Gasteiger partial charge in [-0.05, 0) is 101 Å². The Kier molecular flexibility index (Phi) is 4.97. The highest BCUT2D eigenvalue weighted by atomic mass is 15.0. The van der Waals surface area contributed by atoms with Gasteiger partial charge in [-0.1, -0.05) is 152 Å². The Hall–Kier alpha value is -6.44. The molecule has 1 heteroatoms. The van der Waals surface area contributed by atoms with E-state index >= 15 is 0 Å². The summed E-state index contributed by atoms with van der Waals surface area (Å²) in [6.07, 6.45) is 0.